The van der Waals surface area contributed by atoms with Gasteiger partial charge >= 0.3 is 0 Å². The van der Waals surface area contributed by atoms with Gasteiger partial charge in [-0.25, -0.2) is 0 Å². The van der Waals surface area contributed by atoms with Crippen LogP contribution in [0, 0.1) is 0 Å². The van der Waals surface area contributed by atoms with Crippen molar-refractivity contribution in [2.24, 2.45) is 5.73 Å². The van der Waals surface area contributed by atoms with E-state index in [9.17, 15) is 0 Å². The Bertz CT molecular complexity index is 336. The molecule has 0 aliphatic carbocycles. The van der Waals surface area contributed by atoms with E-state index in [0.717, 1.165) is 16.6 Å². The maximum absolute atomic E-state index is 5.75. The summed E-state index contributed by atoms with van der Waals surface area (Å²) in [5, 5.41) is 3.37. The summed E-state index contributed by atoms with van der Waals surface area (Å²) in [6.45, 7) is 7.24. The first-order valence-electron chi connectivity index (χ1n) is 4.97. The zero-order valence-corrected chi connectivity index (χ0v) is 10.5. The van der Waals surface area contributed by atoms with Crippen molar-refractivity contribution in [3.63, 3.8) is 0 Å². The molecule has 3 heteroatoms. The summed E-state index contributed by atoms with van der Waals surface area (Å²) >= 11 is 3.53. The van der Waals surface area contributed by atoms with Crippen LogP contribution in [-0.2, 0) is 0 Å². The summed E-state index contributed by atoms with van der Waals surface area (Å²) in [4.78, 5) is 0. The highest BCUT2D eigenvalue weighted by Gasteiger charge is 2.11. The first-order chi connectivity index (χ1) is 7.15. The fourth-order valence-corrected chi connectivity index (χ4v) is 1.94. The van der Waals surface area contributed by atoms with E-state index in [1.807, 2.05) is 25.1 Å². The predicted octanol–water partition coefficient (Wildman–Crippen LogP) is 2.61. The number of halogens is 1. The molecule has 2 nitrogen and oxygen atoms in total. The third-order valence-corrected chi connectivity index (χ3v) is 2.89. The second-order valence-electron chi connectivity index (χ2n) is 3.65. The molecule has 0 saturated heterocycles. The van der Waals surface area contributed by atoms with Crippen LogP contribution in [0.5, 0.6) is 0 Å². The van der Waals surface area contributed by atoms with Crippen LogP contribution >= 0.6 is 15.9 Å². The lowest BCUT2D eigenvalue weighted by Gasteiger charge is -2.18. The van der Waals surface area contributed by atoms with Gasteiger partial charge in [-0.3, -0.25) is 0 Å². The van der Waals surface area contributed by atoms with Crippen LogP contribution in [0.15, 0.2) is 40.9 Å². The molecule has 1 rings (SSSR count). The quantitative estimate of drug-likeness (QED) is 0.806. The molecule has 1 aromatic carbocycles. The van der Waals surface area contributed by atoms with Crippen LogP contribution in [-0.4, -0.2) is 13.1 Å². The van der Waals surface area contributed by atoms with Crippen molar-refractivity contribution < 1.29 is 0 Å². The van der Waals surface area contributed by atoms with Crippen molar-refractivity contribution in [3.8, 4) is 0 Å². The van der Waals surface area contributed by atoms with Gasteiger partial charge in [-0.15, -0.1) is 0 Å². The van der Waals surface area contributed by atoms with Crippen molar-refractivity contribution in [3.05, 3.63) is 46.5 Å². The molecule has 0 bridgehead atoms. The minimum atomic E-state index is 0.178. The summed E-state index contributed by atoms with van der Waals surface area (Å²) < 4.78 is 1.09. The van der Waals surface area contributed by atoms with Gasteiger partial charge in [0.2, 0.25) is 0 Å². The van der Waals surface area contributed by atoms with Crippen LogP contribution in [0.3, 0.4) is 0 Å². The molecule has 3 N–H and O–H groups in total. The Labute approximate surface area is 99.7 Å². The summed E-state index contributed by atoms with van der Waals surface area (Å²) in [6.07, 6.45) is 0. The number of hydrogen-bond donors (Lipinski definition) is 2. The molecule has 15 heavy (non-hydrogen) atoms. The van der Waals surface area contributed by atoms with Crippen molar-refractivity contribution in [1.82, 2.24) is 5.32 Å². The van der Waals surface area contributed by atoms with Crippen molar-refractivity contribution >= 4 is 15.9 Å². The van der Waals surface area contributed by atoms with Gasteiger partial charge < -0.3 is 11.1 Å². The van der Waals surface area contributed by atoms with E-state index >= 15 is 0 Å². The van der Waals surface area contributed by atoms with Crippen LogP contribution < -0.4 is 11.1 Å². The summed E-state index contributed by atoms with van der Waals surface area (Å²) in [5.74, 6) is 0. The zero-order chi connectivity index (χ0) is 11.3. The topological polar surface area (TPSA) is 38.0 Å². The van der Waals surface area contributed by atoms with E-state index in [4.69, 9.17) is 5.73 Å². The monoisotopic (exact) mass is 268 g/mol. The molecule has 0 spiro atoms. The van der Waals surface area contributed by atoms with Crippen LogP contribution in [0.2, 0.25) is 0 Å². The number of nitrogens with two attached hydrogens (primary N) is 1. The van der Waals surface area contributed by atoms with Crippen molar-refractivity contribution in [2.45, 2.75) is 13.0 Å². The van der Waals surface area contributed by atoms with Gasteiger partial charge in [-0.1, -0.05) is 46.3 Å². The third kappa shape index (κ3) is 3.78. The van der Waals surface area contributed by atoms with Crippen LogP contribution in [0.1, 0.15) is 18.5 Å². The Morgan fingerprint density at radius 2 is 2.20 bits per heavy atom. The number of benzene rings is 1. The molecule has 0 fully saturated rings. The molecule has 1 atom stereocenters. The first kappa shape index (κ1) is 12.4. The molecular formula is C12H17BrN2. The van der Waals surface area contributed by atoms with Gasteiger partial charge in [0, 0.05) is 23.6 Å². The standard InChI is InChI=1S/C12H17BrN2/c1-9(2)8-15-12(7-14)10-5-3-4-6-11(10)13/h3-6,12,15H,1,7-8,14H2,2H3. The van der Waals surface area contributed by atoms with Gasteiger partial charge in [0.1, 0.15) is 0 Å². The van der Waals surface area contributed by atoms with E-state index in [2.05, 4.69) is 33.9 Å². The lowest BCUT2D eigenvalue weighted by molar-refractivity contribution is 0.567. The fraction of sp³-hybridized carbons (Fsp3) is 0.333. The summed E-state index contributed by atoms with van der Waals surface area (Å²) in [6, 6.07) is 8.30. The van der Waals surface area contributed by atoms with Crippen molar-refractivity contribution in [2.75, 3.05) is 13.1 Å². The zero-order valence-electron chi connectivity index (χ0n) is 8.96. The smallest absolute Gasteiger partial charge is 0.0458 e. The normalized spacial score (nSPS) is 12.5. The molecule has 0 aliphatic heterocycles. The Balaban J connectivity index is 2.74. The highest BCUT2D eigenvalue weighted by molar-refractivity contribution is 9.10. The van der Waals surface area contributed by atoms with E-state index in [1.165, 1.54) is 5.56 Å². The van der Waals surface area contributed by atoms with E-state index < -0.39 is 0 Å². The molecule has 0 amide bonds. The Morgan fingerprint density at radius 3 is 2.73 bits per heavy atom. The molecule has 1 unspecified atom stereocenters. The van der Waals surface area contributed by atoms with E-state index in [1.54, 1.807) is 0 Å². The lowest BCUT2D eigenvalue weighted by atomic mass is 10.1. The van der Waals surface area contributed by atoms with Gasteiger partial charge in [0.25, 0.3) is 0 Å². The highest BCUT2D eigenvalue weighted by Crippen LogP contribution is 2.22. The SMILES string of the molecule is C=C(C)CNC(CN)c1ccccc1Br. The number of rotatable bonds is 5. The minimum absolute atomic E-state index is 0.178. The second-order valence-corrected chi connectivity index (χ2v) is 4.50. The fourth-order valence-electron chi connectivity index (χ4n) is 1.38. The Hall–Kier alpha value is -0.640. The Kier molecular flexibility index (Phi) is 5.02. The van der Waals surface area contributed by atoms with Gasteiger partial charge in [-0.05, 0) is 18.6 Å². The van der Waals surface area contributed by atoms with Gasteiger partial charge in [0.05, 0.1) is 0 Å². The Morgan fingerprint density at radius 1 is 1.53 bits per heavy atom. The molecule has 0 aliphatic rings. The highest BCUT2D eigenvalue weighted by atomic mass is 79.9. The largest absolute Gasteiger partial charge is 0.329 e. The summed E-state index contributed by atoms with van der Waals surface area (Å²) in [7, 11) is 0. The van der Waals surface area contributed by atoms with Crippen LogP contribution in [0.4, 0.5) is 0 Å². The average molecular weight is 269 g/mol. The number of hydrogen-bond acceptors (Lipinski definition) is 2. The minimum Gasteiger partial charge on any atom is -0.329 e. The first-order valence-corrected chi connectivity index (χ1v) is 5.76. The maximum Gasteiger partial charge on any atom is 0.0458 e. The van der Waals surface area contributed by atoms with E-state index in [-0.39, 0.29) is 6.04 Å². The predicted molar refractivity (Wildman–Crippen MR) is 68.8 cm³/mol. The van der Waals surface area contributed by atoms with E-state index in [0.29, 0.717) is 6.54 Å². The molecule has 0 aromatic heterocycles. The van der Waals surface area contributed by atoms with Gasteiger partial charge in [0.15, 0.2) is 0 Å². The summed E-state index contributed by atoms with van der Waals surface area (Å²) in [5.41, 5.74) is 8.05. The maximum atomic E-state index is 5.75. The molecule has 82 valence electrons. The molecule has 0 heterocycles. The molecule has 0 saturated carbocycles. The number of nitrogens with one attached hydrogen (secondary N) is 1. The average Bonchev–Trinajstić information content (AvgIpc) is 2.21. The molecular weight excluding hydrogens is 252 g/mol. The van der Waals surface area contributed by atoms with Crippen LogP contribution in [0.25, 0.3) is 0 Å². The third-order valence-electron chi connectivity index (χ3n) is 2.17. The molecule has 0 radical (unpaired) electrons. The second kappa shape index (κ2) is 6.05. The lowest BCUT2D eigenvalue weighted by Crippen LogP contribution is -2.29. The van der Waals surface area contributed by atoms with Gasteiger partial charge in [-0.2, -0.15) is 0 Å². The molecule has 1 aromatic rings. The van der Waals surface area contributed by atoms with Crippen molar-refractivity contribution in [1.29, 1.82) is 0 Å².